The van der Waals surface area contributed by atoms with Crippen LogP contribution in [0.2, 0.25) is 0 Å². The molecule has 0 aliphatic carbocycles. The summed E-state index contributed by atoms with van der Waals surface area (Å²) in [6, 6.07) is 10.2. The second-order valence-electron chi connectivity index (χ2n) is 6.64. The van der Waals surface area contributed by atoms with Gasteiger partial charge in [-0.05, 0) is 32.0 Å². The van der Waals surface area contributed by atoms with Gasteiger partial charge in [0.15, 0.2) is 6.61 Å². The van der Waals surface area contributed by atoms with E-state index in [1.807, 2.05) is 26.0 Å². The van der Waals surface area contributed by atoms with Gasteiger partial charge in [0.1, 0.15) is 5.76 Å². The van der Waals surface area contributed by atoms with Crippen molar-refractivity contribution >= 4 is 17.7 Å². The van der Waals surface area contributed by atoms with Crippen LogP contribution in [0.15, 0.2) is 52.0 Å². The minimum absolute atomic E-state index is 0.0251. The van der Waals surface area contributed by atoms with Crippen LogP contribution in [0.3, 0.4) is 0 Å². The first-order chi connectivity index (χ1) is 14.7. The molecule has 0 bridgehead atoms. The highest BCUT2D eigenvalue weighted by molar-refractivity contribution is 7.98. The van der Waals surface area contributed by atoms with Gasteiger partial charge in [0.05, 0.1) is 11.3 Å². The van der Waals surface area contributed by atoms with E-state index < -0.39 is 12.8 Å². The Morgan fingerprint density at radius 2 is 1.97 bits per heavy atom. The van der Waals surface area contributed by atoms with E-state index >= 15 is 0 Å². The Labute approximate surface area is 181 Å². The van der Waals surface area contributed by atoms with Crippen molar-refractivity contribution in [2.24, 2.45) is 0 Å². The standard InChI is InChI=1S/C21H20F3N3O3S/c1-13-17(14(2)30-27-13)11-31-18-8-4-3-7-16(18)19(28)26-10-15-6-5-9-25-20(15)29-12-21(22,23)24/h3-9H,10-12H2,1-2H3,(H,26,28). The predicted molar refractivity (Wildman–Crippen MR) is 109 cm³/mol. The van der Waals surface area contributed by atoms with Gasteiger partial charge in [-0.2, -0.15) is 13.2 Å². The molecule has 0 spiro atoms. The summed E-state index contributed by atoms with van der Waals surface area (Å²) >= 11 is 1.47. The molecule has 3 aromatic rings. The second kappa shape index (κ2) is 9.86. The van der Waals surface area contributed by atoms with Crippen molar-refractivity contribution in [3.05, 3.63) is 70.7 Å². The van der Waals surface area contributed by atoms with Crippen molar-refractivity contribution in [1.29, 1.82) is 0 Å². The Bertz CT molecular complexity index is 1030. The number of nitrogens with zero attached hydrogens (tertiary/aromatic N) is 2. The Kier molecular flexibility index (Phi) is 7.21. The average molecular weight is 451 g/mol. The Morgan fingerprint density at radius 1 is 1.19 bits per heavy atom. The van der Waals surface area contributed by atoms with Crippen LogP contribution in [-0.2, 0) is 12.3 Å². The lowest BCUT2D eigenvalue weighted by atomic mass is 10.2. The van der Waals surface area contributed by atoms with Crippen LogP contribution in [0.1, 0.15) is 32.9 Å². The highest BCUT2D eigenvalue weighted by atomic mass is 32.2. The van der Waals surface area contributed by atoms with Crippen LogP contribution >= 0.6 is 11.8 Å². The first-order valence-corrected chi connectivity index (χ1v) is 10.3. The van der Waals surface area contributed by atoms with Gasteiger partial charge in [0.2, 0.25) is 5.88 Å². The Hall–Kier alpha value is -3.01. The topological polar surface area (TPSA) is 77.3 Å². The van der Waals surface area contributed by atoms with Crippen molar-refractivity contribution in [2.75, 3.05) is 6.61 Å². The van der Waals surface area contributed by atoms with E-state index in [0.717, 1.165) is 21.9 Å². The average Bonchev–Trinajstić information content (AvgIpc) is 3.06. The lowest BCUT2D eigenvalue weighted by Crippen LogP contribution is -2.25. The van der Waals surface area contributed by atoms with Crippen LogP contribution in [-0.4, -0.2) is 28.8 Å². The third-order valence-electron chi connectivity index (χ3n) is 4.35. The summed E-state index contributed by atoms with van der Waals surface area (Å²) in [5.74, 6) is 0.798. The number of hydrogen-bond donors (Lipinski definition) is 1. The maximum atomic E-state index is 12.8. The maximum Gasteiger partial charge on any atom is 0.422 e. The number of aromatic nitrogens is 2. The number of rotatable bonds is 8. The molecular weight excluding hydrogens is 431 g/mol. The number of hydrogen-bond acceptors (Lipinski definition) is 6. The fourth-order valence-corrected chi connectivity index (χ4v) is 3.95. The van der Waals surface area contributed by atoms with Crippen LogP contribution in [0.5, 0.6) is 5.88 Å². The Morgan fingerprint density at radius 3 is 2.68 bits per heavy atom. The van der Waals surface area contributed by atoms with Crippen molar-refractivity contribution in [3.63, 3.8) is 0 Å². The van der Waals surface area contributed by atoms with E-state index in [2.05, 4.69) is 15.5 Å². The van der Waals surface area contributed by atoms with E-state index in [0.29, 0.717) is 16.9 Å². The van der Waals surface area contributed by atoms with Gasteiger partial charge in [-0.1, -0.05) is 23.4 Å². The molecule has 0 radical (unpaired) electrons. The number of alkyl halides is 3. The fourth-order valence-electron chi connectivity index (χ4n) is 2.75. The number of thioether (sulfide) groups is 1. The molecule has 1 N–H and O–H groups in total. The number of amides is 1. The van der Waals surface area contributed by atoms with Crippen molar-refractivity contribution in [3.8, 4) is 5.88 Å². The molecule has 0 atom stereocenters. The van der Waals surface area contributed by atoms with Gasteiger partial charge in [0, 0.05) is 34.5 Å². The molecule has 2 heterocycles. The number of halogens is 3. The lowest BCUT2D eigenvalue weighted by molar-refractivity contribution is -0.154. The third-order valence-corrected chi connectivity index (χ3v) is 5.45. The monoisotopic (exact) mass is 451 g/mol. The van der Waals surface area contributed by atoms with Crippen LogP contribution in [0.25, 0.3) is 0 Å². The summed E-state index contributed by atoms with van der Waals surface area (Å²) in [6.07, 6.45) is -3.15. The molecule has 0 aliphatic rings. The van der Waals surface area contributed by atoms with Crippen LogP contribution in [0.4, 0.5) is 13.2 Å². The largest absolute Gasteiger partial charge is 0.468 e. The molecule has 31 heavy (non-hydrogen) atoms. The third kappa shape index (κ3) is 6.24. The fraction of sp³-hybridized carbons (Fsp3) is 0.286. The number of carbonyl (C=O) groups is 1. The summed E-state index contributed by atoms with van der Waals surface area (Å²) in [6.45, 7) is 2.22. The molecule has 164 valence electrons. The number of nitrogens with one attached hydrogen (secondary N) is 1. The predicted octanol–water partition coefficient (Wildman–Crippen LogP) is 4.85. The first kappa shape index (κ1) is 22.7. The molecule has 0 aliphatic heterocycles. The quantitative estimate of drug-likeness (QED) is 0.494. The zero-order valence-electron chi connectivity index (χ0n) is 16.8. The number of aryl methyl sites for hydroxylation is 2. The van der Waals surface area contributed by atoms with Crippen molar-refractivity contribution in [2.45, 2.75) is 37.2 Å². The molecule has 0 fully saturated rings. The molecule has 1 aromatic carbocycles. The van der Waals surface area contributed by atoms with Crippen LogP contribution < -0.4 is 10.1 Å². The van der Waals surface area contributed by atoms with Gasteiger partial charge in [-0.15, -0.1) is 11.8 Å². The highest BCUT2D eigenvalue weighted by Gasteiger charge is 2.29. The molecular formula is C21H20F3N3O3S. The Balaban J connectivity index is 1.67. The molecule has 3 rings (SSSR count). The van der Waals surface area contributed by atoms with Crippen LogP contribution in [0, 0.1) is 13.8 Å². The summed E-state index contributed by atoms with van der Waals surface area (Å²) < 4.78 is 47.3. The molecule has 1 amide bonds. The maximum absolute atomic E-state index is 12.8. The summed E-state index contributed by atoms with van der Waals surface area (Å²) in [5, 5.41) is 6.66. The van der Waals surface area contributed by atoms with Gasteiger partial charge in [-0.25, -0.2) is 4.98 Å². The van der Waals surface area contributed by atoms with Gasteiger partial charge in [0.25, 0.3) is 5.91 Å². The van der Waals surface area contributed by atoms with E-state index in [1.165, 1.54) is 18.0 Å². The smallest absolute Gasteiger partial charge is 0.422 e. The number of pyridine rings is 1. The number of ether oxygens (including phenoxy) is 1. The van der Waals surface area contributed by atoms with Gasteiger partial charge < -0.3 is 14.6 Å². The van der Waals surface area contributed by atoms with E-state index in [-0.39, 0.29) is 18.3 Å². The molecule has 10 heteroatoms. The molecule has 6 nitrogen and oxygen atoms in total. The van der Waals surface area contributed by atoms with Crippen molar-refractivity contribution < 1.29 is 27.2 Å². The highest BCUT2D eigenvalue weighted by Crippen LogP contribution is 2.29. The number of benzene rings is 1. The molecule has 0 saturated carbocycles. The molecule has 0 unspecified atom stereocenters. The number of carbonyl (C=O) groups excluding carboxylic acids is 1. The minimum atomic E-state index is -4.48. The summed E-state index contributed by atoms with van der Waals surface area (Å²) in [4.78, 5) is 17.4. The van der Waals surface area contributed by atoms with E-state index in [1.54, 1.807) is 24.3 Å². The van der Waals surface area contributed by atoms with Gasteiger partial charge >= 0.3 is 6.18 Å². The minimum Gasteiger partial charge on any atom is -0.468 e. The van der Waals surface area contributed by atoms with Crippen molar-refractivity contribution in [1.82, 2.24) is 15.5 Å². The SMILES string of the molecule is Cc1noc(C)c1CSc1ccccc1C(=O)NCc1cccnc1OCC(F)(F)F. The first-order valence-electron chi connectivity index (χ1n) is 9.30. The summed E-state index contributed by atoms with van der Waals surface area (Å²) in [7, 11) is 0. The normalized spacial score (nSPS) is 11.4. The van der Waals surface area contributed by atoms with Gasteiger partial charge in [-0.3, -0.25) is 4.79 Å². The summed E-state index contributed by atoms with van der Waals surface area (Å²) in [5.41, 5.74) is 2.58. The van der Waals surface area contributed by atoms with E-state index in [4.69, 9.17) is 9.26 Å². The molecule has 2 aromatic heterocycles. The molecule has 0 saturated heterocycles. The zero-order chi connectivity index (χ0) is 22.4. The second-order valence-corrected chi connectivity index (χ2v) is 7.66. The zero-order valence-corrected chi connectivity index (χ0v) is 17.6. The lowest BCUT2D eigenvalue weighted by Gasteiger charge is -2.13. The van der Waals surface area contributed by atoms with E-state index in [9.17, 15) is 18.0 Å².